The molecule has 0 saturated heterocycles. The molecule has 0 N–H and O–H groups in total. The smallest absolute Gasteiger partial charge is 0.331 e. The van der Waals surface area contributed by atoms with E-state index < -0.39 is 12.0 Å². The number of rotatable bonds is 9. The van der Waals surface area contributed by atoms with Crippen molar-refractivity contribution in [2.24, 2.45) is 4.99 Å². The van der Waals surface area contributed by atoms with Gasteiger partial charge in [0.05, 0.1) is 21.0 Å². The number of carbonyl (C=O) groups excluding carboxylic acids is 1. The topological polar surface area (TPSA) is 38.7 Å². The molecule has 1 unspecified atom stereocenters. The van der Waals surface area contributed by atoms with E-state index in [1.807, 2.05) is 30.3 Å². The van der Waals surface area contributed by atoms with Gasteiger partial charge in [-0.3, -0.25) is 4.99 Å². The Kier molecular flexibility index (Phi) is 8.71. The van der Waals surface area contributed by atoms with Gasteiger partial charge in [0, 0.05) is 12.0 Å². The minimum absolute atomic E-state index is 0.264. The number of aliphatic imine (C=N–C) groups is 1. The number of ether oxygens (including phenoxy) is 1. The minimum Gasteiger partial charge on any atom is -0.464 e. The third-order valence-corrected chi connectivity index (χ3v) is 5.39. The second-order valence-electron chi connectivity index (χ2n) is 5.73. The molecule has 0 aliphatic rings. The lowest BCUT2D eigenvalue weighted by Gasteiger charge is -2.15. The lowest BCUT2D eigenvalue weighted by atomic mass is 10.0. The van der Waals surface area contributed by atoms with Crippen molar-refractivity contribution in [2.75, 3.05) is 6.61 Å². The van der Waals surface area contributed by atoms with Crippen molar-refractivity contribution in [3.8, 4) is 0 Å². The molecule has 1 aromatic carbocycles. The lowest BCUT2D eigenvalue weighted by molar-refractivity contribution is -0.144. The molecule has 0 bridgehead atoms. The number of benzene rings is 1. The molecule has 0 amide bonds. The van der Waals surface area contributed by atoms with Gasteiger partial charge in [-0.1, -0.05) is 84.9 Å². The molecule has 3 nitrogen and oxygen atoms in total. The first-order chi connectivity index (χ1) is 13.5. The molecule has 0 fully saturated rings. The van der Waals surface area contributed by atoms with Crippen molar-refractivity contribution in [1.82, 2.24) is 0 Å². The van der Waals surface area contributed by atoms with Crippen LogP contribution in [0.15, 0.2) is 78.3 Å². The number of halogens is 2. The van der Waals surface area contributed by atoms with E-state index in [2.05, 4.69) is 13.2 Å². The quantitative estimate of drug-likeness (QED) is 0.263. The first-order valence-electron chi connectivity index (χ1n) is 8.69. The normalized spacial score (nSPS) is 13.1. The van der Waals surface area contributed by atoms with Gasteiger partial charge in [-0.05, 0) is 24.1 Å². The van der Waals surface area contributed by atoms with Crippen LogP contribution in [0.1, 0.15) is 18.1 Å². The van der Waals surface area contributed by atoms with Crippen LogP contribution in [0.5, 0.6) is 0 Å². The predicted octanol–water partition coefficient (Wildman–Crippen LogP) is 6.32. The average molecular weight is 434 g/mol. The van der Waals surface area contributed by atoms with Crippen molar-refractivity contribution in [1.29, 1.82) is 0 Å². The molecular weight excluding hydrogens is 413 g/mol. The summed E-state index contributed by atoms with van der Waals surface area (Å²) in [7, 11) is 0. The van der Waals surface area contributed by atoms with E-state index in [1.165, 1.54) is 11.3 Å². The summed E-state index contributed by atoms with van der Waals surface area (Å²) in [5.41, 5.74) is 3.01. The SMILES string of the molecule is C=C/C=C(\C=C)C(=NC(Cc1cc(Cl)sc1Cl)C(=O)OCC)c1ccccc1. The zero-order valence-electron chi connectivity index (χ0n) is 15.5. The molecule has 1 aromatic heterocycles. The number of allylic oxidation sites excluding steroid dienone is 4. The standard InChI is InChI=1S/C22H21Cl2NO2S/c1-4-10-15(5-2)20(16-11-8-7-9-12-16)25-18(22(26)27-6-3)13-17-14-19(23)28-21(17)24/h4-5,7-12,14,18H,1-2,6,13H2,3H3/b15-10+,25-20?. The number of esters is 1. The van der Waals surface area contributed by atoms with Crippen molar-refractivity contribution in [2.45, 2.75) is 19.4 Å². The van der Waals surface area contributed by atoms with E-state index in [-0.39, 0.29) is 13.0 Å². The summed E-state index contributed by atoms with van der Waals surface area (Å²) in [6, 6.07) is 10.6. The van der Waals surface area contributed by atoms with Crippen molar-refractivity contribution in [3.05, 3.63) is 93.2 Å². The van der Waals surface area contributed by atoms with Gasteiger partial charge in [0.2, 0.25) is 0 Å². The molecule has 0 spiro atoms. The van der Waals surface area contributed by atoms with Crippen LogP contribution in [0, 0.1) is 0 Å². The summed E-state index contributed by atoms with van der Waals surface area (Å²) in [5, 5.41) is 0. The first-order valence-corrected chi connectivity index (χ1v) is 10.3. The van der Waals surface area contributed by atoms with Crippen molar-refractivity contribution >= 4 is 46.2 Å². The second-order valence-corrected chi connectivity index (χ2v) is 8.01. The average Bonchev–Trinajstić information content (AvgIpc) is 3.01. The van der Waals surface area contributed by atoms with Gasteiger partial charge in [-0.2, -0.15) is 0 Å². The Bertz CT molecular complexity index is 901. The molecule has 6 heteroatoms. The van der Waals surface area contributed by atoms with Crippen molar-refractivity contribution < 1.29 is 9.53 Å². The Balaban J connectivity index is 2.55. The van der Waals surface area contributed by atoms with Crippen LogP contribution in [-0.2, 0) is 16.0 Å². The fourth-order valence-corrected chi connectivity index (χ4v) is 4.09. The van der Waals surface area contributed by atoms with Crippen LogP contribution < -0.4 is 0 Å². The van der Waals surface area contributed by atoms with E-state index in [9.17, 15) is 4.79 Å². The van der Waals surface area contributed by atoms with Crippen LogP contribution in [-0.4, -0.2) is 24.3 Å². The number of nitrogens with zero attached hydrogens (tertiary/aromatic N) is 1. The predicted molar refractivity (Wildman–Crippen MR) is 120 cm³/mol. The number of hydrogen-bond acceptors (Lipinski definition) is 4. The fraction of sp³-hybridized carbons (Fsp3) is 0.182. The van der Waals surface area contributed by atoms with Crippen LogP contribution in [0.2, 0.25) is 8.67 Å². The Morgan fingerprint density at radius 1 is 1.29 bits per heavy atom. The Morgan fingerprint density at radius 2 is 2.00 bits per heavy atom. The van der Waals surface area contributed by atoms with E-state index in [0.29, 0.717) is 14.4 Å². The monoisotopic (exact) mass is 433 g/mol. The van der Waals surface area contributed by atoms with E-state index in [4.69, 9.17) is 32.9 Å². The summed E-state index contributed by atoms with van der Waals surface area (Å²) in [6.45, 7) is 9.64. The van der Waals surface area contributed by atoms with Crippen molar-refractivity contribution in [3.63, 3.8) is 0 Å². The molecule has 1 heterocycles. The van der Waals surface area contributed by atoms with Gasteiger partial charge in [-0.15, -0.1) is 11.3 Å². The van der Waals surface area contributed by atoms with Crippen LogP contribution in [0.25, 0.3) is 0 Å². The number of thiophene rings is 1. The maximum absolute atomic E-state index is 12.6. The zero-order valence-corrected chi connectivity index (χ0v) is 17.9. The van der Waals surface area contributed by atoms with Crippen LogP contribution in [0.3, 0.4) is 0 Å². The summed E-state index contributed by atoms with van der Waals surface area (Å²) >= 11 is 13.6. The third kappa shape index (κ3) is 5.93. The molecule has 0 aliphatic carbocycles. The maximum Gasteiger partial charge on any atom is 0.331 e. The van der Waals surface area contributed by atoms with Gasteiger partial charge in [0.1, 0.15) is 0 Å². The minimum atomic E-state index is -0.772. The Hall–Kier alpha value is -2.14. The summed E-state index contributed by atoms with van der Waals surface area (Å²) in [6.07, 6.45) is 5.43. The number of carbonyl (C=O) groups is 1. The third-order valence-electron chi connectivity index (χ3n) is 3.82. The van der Waals surface area contributed by atoms with E-state index in [1.54, 1.807) is 31.2 Å². The highest BCUT2D eigenvalue weighted by atomic mass is 35.5. The Morgan fingerprint density at radius 3 is 2.54 bits per heavy atom. The van der Waals surface area contributed by atoms with Crippen LogP contribution in [0.4, 0.5) is 0 Å². The molecule has 0 radical (unpaired) electrons. The lowest BCUT2D eigenvalue weighted by Crippen LogP contribution is -2.26. The second kappa shape index (κ2) is 11.0. The molecule has 0 aliphatic heterocycles. The van der Waals surface area contributed by atoms with Gasteiger partial charge in [0.25, 0.3) is 0 Å². The van der Waals surface area contributed by atoms with Gasteiger partial charge in [0.15, 0.2) is 6.04 Å². The molecule has 1 atom stereocenters. The largest absolute Gasteiger partial charge is 0.464 e. The highest BCUT2D eigenvalue weighted by Crippen LogP contribution is 2.32. The van der Waals surface area contributed by atoms with Gasteiger partial charge < -0.3 is 4.74 Å². The summed E-state index contributed by atoms with van der Waals surface area (Å²) < 4.78 is 6.35. The first kappa shape index (κ1) is 22.2. The zero-order chi connectivity index (χ0) is 20.5. The number of hydrogen-bond donors (Lipinski definition) is 0. The summed E-state index contributed by atoms with van der Waals surface area (Å²) in [5.74, 6) is -0.420. The highest BCUT2D eigenvalue weighted by molar-refractivity contribution is 7.20. The molecule has 2 aromatic rings. The van der Waals surface area contributed by atoms with Gasteiger partial charge in [-0.25, -0.2) is 4.79 Å². The molecule has 28 heavy (non-hydrogen) atoms. The molecular formula is C22H21Cl2NO2S. The fourth-order valence-electron chi connectivity index (χ4n) is 2.58. The van der Waals surface area contributed by atoms with Crippen LogP contribution >= 0.6 is 34.5 Å². The molecule has 2 rings (SSSR count). The summed E-state index contributed by atoms with van der Waals surface area (Å²) in [4.78, 5) is 17.4. The molecule has 0 saturated carbocycles. The highest BCUT2D eigenvalue weighted by Gasteiger charge is 2.23. The van der Waals surface area contributed by atoms with E-state index in [0.717, 1.165) is 16.7 Å². The maximum atomic E-state index is 12.6. The van der Waals surface area contributed by atoms with E-state index >= 15 is 0 Å². The molecule has 146 valence electrons. The van der Waals surface area contributed by atoms with Gasteiger partial charge >= 0.3 is 5.97 Å². The Labute approximate surface area is 179 Å².